The molecule has 0 atom stereocenters. The maximum absolute atomic E-state index is 12.8. The van der Waals surface area contributed by atoms with Crippen molar-refractivity contribution >= 4 is 10.0 Å². The summed E-state index contributed by atoms with van der Waals surface area (Å²) in [5, 5.41) is 4.32. The van der Waals surface area contributed by atoms with Gasteiger partial charge >= 0.3 is 12.4 Å². The van der Waals surface area contributed by atoms with Gasteiger partial charge in [-0.05, 0) is 35.9 Å². The quantitative estimate of drug-likeness (QED) is 0.447. The lowest BCUT2D eigenvalue weighted by atomic mass is 9.88. The molecule has 0 aliphatic carbocycles. The Morgan fingerprint density at radius 3 is 2.28 bits per heavy atom. The van der Waals surface area contributed by atoms with Crippen molar-refractivity contribution in [2.24, 2.45) is 7.05 Å². The van der Waals surface area contributed by atoms with Crippen LogP contribution in [0.4, 0.5) is 26.3 Å². The van der Waals surface area contributed by atoms with Crippen molar-refractivity contribution in [1.29, 1.82) is 0 Å². The smallest absolute Gasteiger partial charge is 0.416 e. The van der Waals surface area contributed by atoms with Gasteiger partial charge in [-0.25, -0.2) is 13.1 Å². The number of benzene rings is 2. The van der Waals surface area contributed by atoms with E-state index in [0.717, 1.165) is 12.1 Å². The molecule has 2 aromatic carbocycles. The van der Waals surface area contributed by atoms with Crippen molar-refractivity contribution in [3.05, 3.63) is 65.7 Å². The summed E-state index contributed by atoms with van der Waals surface area (Å²) >= 11 is 0. The average molecular weight is 535 g/mol. The number of nitrogens with one attached hydrogen (secondary N) is 1. The summed E-state index contributed by atoms with van der Waals surface area (Å²) in [6.45, 7) is -0.309. The molecule has 194 valence electrons. The lowest BCUT2D eigenvalue weighted by Crippen LogP contribution is -2.60. The Hall–Kier alpha value is -3.10. The molecule has 1 aliphatic rings. The van der Waals surface area contributed by atoms with Gasteiger partial charge in [-0.1, -0.05) is 18.2 Å². The Kier molecular flexibility index (Phi) is 6.56. The van der Waals surface area contributed by atoms with Gasteiger partial charge < -0.3 is 9.47 Å². The van der Waals surface area contributed by atoms with Crippen molar-refractivity contribution in [1.82, 2.24) is 14.5 Å². The van der Waals surface area contributed by atoms with Crippen molar-refractivity contribution in [2.75, 3.05) is 19.0 Å². The summed E-state index contributed by atoms with van der Waals surface area (Å²) in [5.74, 6) is -1.66. The first-order chi connectivity index (χ1) is 16.7. The van der Waals surface area contributed by atoms with Gasteiger partial charge in [-0.3, -0.25) is 0 Å². The van der Waals surface area contributed by atoms with Crippen molar-refractivity contribution in [3.8, 4) is 22.9 Å². The lowest BCUT2D eigenvalue weighted by Gasteiger charge is -2.42. The van der Waals surface area contributed by atoms with Crippen molar-refractivity contribution in [2.45, 2.75) is 17.9 Å². The van der Waals surface area contributed by atoms with Crippen LogP contribution in [0.1, 0.15) is 11.1 Å². The molecule has 14 heteroatoms. The maximum Gasteiger partial charge on any atom is 0.416 e. The molecule has 3 aromatic rings. The van der Waals surface area contributed by atoms with Gasteiger partial charge in [0.15, 0.2) is 5.75 Å². The zero-order valence-corrected chi connectivity index (χ0v) is 19.3. The zero-order valence-electron chi connectivity index (χ0n) is 18.5. The van der Waals surface area contributed by atoms with Crippen LogP contribution in [0.2, 0.25) is 0 Å². The molecule has 1 saturated heterocycles. The van der Waals surface area contributed by atoms with Crippen LogP contribution in [0.15, 0.2) is 54.6 Å². The minimum atomic E-state index is -4.91. The second-order valence-corrected chi connectivity index (χ2v) is 9.97. The molecule has 0 amide bonds. The molecular formula is C22H19F6N3O4S. The first-order valence-electron chi connectivity index (χ1n) is 10.3. The molecule has 1 aliphatic heterocycles. The number of hydrogen-bond donors (Lipinski definition) is 1. The lowest BCUT2D eigenvalue weighted by molar-refractivity contribution is -0.137. The highest BCUT2D eigenvalue weighted by molar-refractivity contribution is 7.89. The molecule has 0 spiro atoms. The fraction of sp³-hybridized carbons (Fsp3) is 0.318. The number of sulfonamides is 1. The maximum atomic E-state index is 12.8. The molecule has 0 unspecified atom stereocenters. The summed E-state index contributed by atoms with van der Waals surface area (Å²) in [5.41, 5.74) is -0.916. The van der Waals surface area contributed by atoms with E-state index in [1.165, 1.54) is 22.9 Å². The van der Waals surface area contributed by atoms with Gasteiger partial charge in [0.1, 0.15) is 11.3 Å². The number of hydrogen-bond acceptors (Lipinski definition) is 5. The first-order valence-corrected chi connectivity index (χ1v) is 12.0. The minimum absolute atomic E-state index is 0.149. The topological polar surface area (TPSA) is 82.5 Å². The molecule has 0 saturated carbocycles. The van der Waals surface area contributed by atoms with Gasteiger partial charge in [0.05, 0.1) is 24.5 Å². The Morgan fingerprint density at radius 2 is 1.72 bits per heavy atom. The fourth-order valence-electron chi connectivity index (χ4n) is 3.64. The number of aryl methyl sites for hydroxylation is 1. The molecular weight excluding hydrogens is 516 g/mol. The summed E-state index contributed by atoms with van der Waals surface area (Å²) in [6.07, 6.45) is -9.38. The number of halogens is 6. The van der Waals surface area contributed by atoms with Gasteiger partial charge in [0.25, 0.3) is 0 Å². The number of rotatable bonds is 7. The predicted octanol–water partition coefficient (Wildman–Crippen LogP) is 4.61. The van der Waals surface area contributed by atoms with Crippen molar-refractivity contribution < 1.29 is 44.2 Å². The van der Waals surface area contributed by atoms with Crippen LogP contribution in [0.25, 0.3) is 11.3 Å². The molecule has 2 heterocycles. The Labute approximate surface area is 201 Å². The van der Waals surface area contributed by atoms with E-state index in [0.29, 0.717) is 16.8 Å². The largest absolute Gasteiger partial charge is 0.439 e. The van der Waals surface area contributed by atoms with E-state index < -0.39 is 39.2 Å². The number of aromatic nitrogens is 2. The van der Waals surface area contributed by atoms with E-state index in [1.807, 2.05) is 0 Å². The van der Waals surface area contributed by atoms with Crippen LogP contribution in [0.3, 0.4) is 0 Å². The van der Waals surface area contributed by atoms with Gasteiger partial charge in [0, 0.05) is 18.7 Å². The second kappa shape index (κ2) is 9.09. The van der Waals surface area contributed by atoms with E-state index in [-0.39, 0.29) is 24.8 Å². The highest BCUT2D eigenvalue weighted by atomic mass is 32.2. The Bertz CT molecular complexity index is 1350. The van der Waals surface area contributed by atoms with E-state index in [4.69, 9.17) is 9.47 Å². The Balaban J connectivity index is 1.57. The molecule has 0 radical (unpaired) electrons. The normalized spacial score (nSPS) is 16.0. The molecule has 36 heavy (non-hydrogen) atoms. The predicted molar refractivity (Wildman–Crippen MR) is 116 cm³/mol. The van der Waals surface area contributed by atoms with Crippen LogP contribution in [0.5, 0.6) is 11.6 Å². The fourth-order valence-corrected chi connectivity index (χ4v) is 4.97. The van der Waals surface area contributed by atoms with Crippen molar-refractivity contribution in [3.63, 3.8) is 0 Å². The molecule has 1 fully saturated rings. The van der Waals surface area contributed by atoms with Gasteiger partial charge in [-0.15, -0.1) is 0 Å². The SMILES string of the molecule is Cn1nc(-c2cccc(C3(NS(=O)(=O)CC(F)(F)F)COC3)c2)cc1Oc1ccc(C(F)(F)F)cc1. The molecule has 1 N–H and O–H groups in total. The van der Waals surface area contributed by atoms with Crippen LogP contribution in [-0.2, 0) is 33.5 Å². The van der Waals surface area contributed by atoms with E-state index >= 15 is 0 Å². The monoisotopic (exact) mass is 535 g/mol. The third-order valence-corrected chi connectivity index (χ3v) is 6.76. The molecule has 0 bridgehead atoms. The van der Waals surface area contributed by atoms with E-state index in [2.05, 4.69) is 9.82 Å². The second-order valence-electron chi connectivity index (χ2n) is 8.25. The summed E-state index contributed by atoms with van der Waals surface area (Å²) in [6, 6.07) is 12.0. The number of ether oxygens (including phenoxy) is 2. The minimum Gasteiger partial charge on any atom is -0.439 e. The highest BCUT2D eigenvalue weighted by Gasteiger charge is 2.46. The van der Waals surface area contributed by atoms with Gasteiger partial charge in [0.2, 0.25) is 15.9 Å². The highest BCUT2D eigenvalue weighted by Crippen LogP contribution is 2.35. The molecule has 4 rings (SSSR count). The van der Waals surface area contributed by atoms with Gasteiger partial charge in [-0.2, -0.15) is 36.2 Å². The number of alkyl halides is 6. The molecule has 7 nitrogen and oxygen atoms in total. The summed E-state index contributed by atoms with van der Waals surface area (Å²) < 4.78 is 115. The summed E-state index contributed by atoms with van der Waals surface area (Å²) in [4.78, 5) is 0. The summed E-state index contributed by atoms with van der Waals surface area (Å²) in [7, 11) is -3.14. The zero-order chi connectivity index (χ0) is 26.4. The number of nitrogens with zero attached hydrogens (tertiary/aromatic N) is 2. The Morgan fingerprint density at radius 1 is 1.06 bits per heavy atom. The third kappa shape index (κ3) is 5.82. The standard InChI is InChI=1S/C22H19F6N3O4S/c1-31-19(35-17-7-5-15(6-8-17)22(26,27)28)10-18(29-31)14-3-2-4-16(9-14)20(11-34-12-20)30-36(32,33)13-21(23,24)25/h2-10,30H,11-13H2,1H3. The van der Waals surface area contributed by atoms with E-state index in [9.17, 15) is 34.8 Å². The molecule has 1 aromatic heterocycles. The average Bonchev–Trinajstić information content (AvgIpc) is 3.09. The van der Waals surface area contributed by atoms with Crippen LogP contribution in [0, 0.1) is 0 Å². The van der Waals surface area contributed by atoms with Crippen LogP contribution < -0.4 is 9.46 Å². The third-order valence-electron chi connectivity index (χ3n) is 5.35. The van der Waals surface area contributed by atoms with Crippen LogP contribution >= 0.6 is 0 Å². The van der Waals surface area contributed by atoms with Crippen LogP contribution in [-0.4, -0.2) is 43.3 Å². The van der Waals surface area contributed by atoms with E-state index in [1.54, 1.807) is 31.3 Å². The first kappa shape index (κ1) is 26.0.